The highest BCUT2D eigenvalue weighted by molar-refractivity contribution is 6.31. The molecule has 1 atom stereocenters. The van der Waals surface area contributed by atoms with Gasteiger partial charge in [-0.2, -0.15) is 0 Å². The highest BCUT2D eigenvalue weighted by Crippen LogP contribution is 2.27. The maximum Gasteiger partial charge on any atom is 0.234 e. The predicted molar refractivity (Wildman–Crippen MR) is 108 cm³/mol. The Morgan fingerprint density at radius 1 is 1.29 bits per heavy atom. The standard InChI is InChI=1S/C21H26ClFN2O3/c1-13(2)9-19(21(24)26)25-11-14-7-8-15(10-20(14)27-3)28-12-16-17(22)5-4-6-18(16)23/h4-8,10,13,19,25H,9,11-12H2,1-3H3,(H2,24,26). The van der Waals surface area contributed by atoms with Crippen molar-refractivity contribution < 1.29 is 18.7 Å². The zero-order valence-corrected chi connectivity index (χ0v) is 17.1. The minimum atomic E-state index is -0.414. The number of amides is 1. The van der Waals surface area contributed by atoms with E-state index in [1.54, 1.807) is 31.4 Å². The summed E-state index contributed by atoms with van der Waals surface area (Å²) in [6, 6.07) is 9.40. The Labute approximate surface area is 170 Å². The summed E-state index contributed by atoms with van der Waals surface area (Å²) < 4.78 is 25.0. The molecule has 0 radical (unpaired) electrons. The molecule has 2 rings (SSSR count). The van der Waals surface area contributed by atoms with E-state index >= 15 is 0 Å². The van der Waals surface area contributed by atoms with Crippen LogP contribution in [0.15, 0.2) is 36.4 Å². The quantitative estimate of drug-likeness (QED) is 0.621. The average Bonchev–Trinajstić information content (AvgIpc) is 2.64. The largest absolute Gasteiger partial charge is 0.496 e. The van der Waals surface area contributed by atoms with Gasteiger partial charge in [-0.05, 0) is 30.5 Å². The lowest BCUT2D eigenvalue weighted by molar-refractivity contribution is -0.120. The van der Waals surface area contributed by atoms with Gasteiger partial charge in [-0.1, -0.05) is 37.6 Å². The number of nitrogens with two attached hydrogens (primary N) is 1. The van der Waals surface area contributed by atoms with Gasteiger partial charge in [-0.25, -0.2) is 4.39 Å². The Morgan fingerprint density at radius 3 is 2.64 bits per heavy atom. The number of ether oxygens (including phenoxy) is 2. The molecule has 28 heavy (non-hydrogen) atoms. The number of nitrogens with one attached hydrogen (secondary N) is 1. The van der Waals surface area contributed by atoms with Crippen LogP contribution in [0.25, 0.3) is 0 Å². The van der Waals surface area contributed by atoms with Gasteiger partial charge in [0.15, 0.2) is 0 Å². The molecule has 152 valence electrons. The van der Waals surface area contributed by atoms with Crippen LogP contribution in [-0.4, -0.2) is 19.1 Å². The predicted octanol–water partition coefficient (Wildman–Crippen LogP) is 4.06. The van der Waals surface area contributed by atoms with Crippen LogP contribution in [0.3, 0.4) is 0 Å². The molecule has 0 spiro atoms. The molecule has 0 aliphatic rings. The van der Waals surface area contributed by atoms with E-state index < -0.39 is 11.9 Å². The molecule has 0 bridgehead atoms. The van der Waals surface area contributed by atoms with Crippen molar-refractivity contribution in [3.05, 3.63) is 58.4 Å². The van der Waals surface area contributed by atoms with Crippen molar-refractivity contribution in [2.45, 2.75) is 39.5 Å². The van der Waals surface area contributed by atoms with Crippen molar-refractivity contribution in [2.24, 2.45) is 11.7 Å². The number of hydrogen-bond donors (Lipinski definition) is 2. The van der Waals surface area contributed by atoms with Crippen molar-refractivity contribution in [2.75, 3.05) is 7.11 Å². The number of hydrogen-bond acceptors (Lipinski definition) is 4. The Morgan fingerprint density at radius 2 is 2.04 bits per heavy atom. The summed E-state index contributed by atoms with van der Waals surface area (Å²) in [5.41, 5.74) is 6.62. The van der Waals surface area contributed by atoms with Gasteiger partial charge in [0.1, 0.15) is 23.9 Å². The Bertz CT molecular complexity index is 794. The lowest BCUT2D eigenvalue weighted by Crippen LogP contribution is -2.41. The van der Waals surface area contributed by atoms with Crippen LogP contribution >= 0.6 is 11.6 Å². The lowest BCUT2D eigenvalue weighted by Gasteiger charge is -2.19. The molecule has 0 saturated carbocycles. The molecule has 0 aromatic heterocycles. The van der Waals surface area contributed by atoms with Crippen molar-refractivity contribution in [3.63, 3.8) is 0 Å². The summed E-state index contributed by atoms with van der Waals surface area (Å²) in [5.74, 6) is 0.663. The van der Waals surface area contributed by atoms with Crippen molar-refractivity contribution in [1.82, 2.24) is 5.32 Å². The van der Waals surface area contributed by atoms with Gasteiger partial charge < -0.3 is 20.5 Å². The Balaban J connectivity index is 2.06. The fraction of sp³-hybridized carbons (Fsp3) is 0.381. The molecule has 5 nitrogen and oxygen atoms in total. The molecule has 1 unspecified atom stereocenters. The first-order valence-electron chi connectivity index (χ1n) is 9.07. The van der Waals surface area contributed by atoms with E-state index in [4.69, 9.17) is 26.8 Å². The molecular weight excluding hydrogens is 383 g/mol. The second-order valence-electron chi connectivity index (χ2n) is 6.93. The molecular formula is C21H26ClFN2O3. The van der Waals surface area contributed by atoms with Gasteiger partial charge in [0.2, 0.25) is 5.91 Å². The number of rotatable bonds is 10. The first-order chi connectivity index (χ1) is 13.3. The van der Waals surface area contributed by atoms with Crippen LogP contribution < -0.4 is 20.5 Å². The number of benzene rings is 2. The van der Waals surface area contributed by atoms with Crippen LogP contribution in [-0.2, 0) is 17.9 Å². The van der Waals surface area contributed by atoms with Crippen LogP contribution in [0.1, 0.15) is 31.4 Å². The lowest BCUT2D eigenvalue weighted by atomic mass is 10.0. The normalized spacial score (nSPS) is 12.1. The third-order valence-electron chi connectivity index (χ3n) is 4.29. The van der Waals surface area contributed by atoms with Crippen molar-refractivity contribution >= 4 is 17.5 Å². The summed E-state index contributed by atoms with van der Waals surface area (Å²) in [5, 5.41) is 3.49. The maximum absolute atomic E-state index is 13.9. The van der Waals surface area contributed by atoms with E-state index in [1.165, 1.54) is 6.07 Å². The van der Waals surface area contributed by atoms with Gasteiger partial charge in [-0.3, -0.25) is 4.79 Å². The minimum absolute atomic E-state index is 0.00436. The van der Waals surface area contributed by atoms with E-state index in [1.807, 2.05) is 19.9 Å². The summed E-state index contributed by atoms with van der Waals surface area (Å²) >= 11 is 6.02. The van der Waals surface area contributed by atoms with Crippen molar-refractivity contribution in [1.29, 1.82) is 0 Å². The molecule has 0 saturated heterocycles. The molecule has 0 fully saturated rings. The van der Waals surface area contributed by atoms with Crippen LogP contribution in [0, 0.1) is 11.7 Å². The molecule has 1 amide bonds. The van der Waals surface area contributed by atoms with Gasteiger partial charge in [0.25, 0.3) is 0 Å². The number of carbonyl (C=O) groups excluding carboxylic acids is 1. The molecule has 0 heterocycles. The molecule has 2 aromatic rings. The number of carbonyl (C=O) groups is 1. The highest BCUT2D eigenvalue weighted by atomic mass is 35.5. The molecule has 7 heteroatoms. The smallest absolute Gasteiger partial charge is 0.234 e. The summed E-state index contributed by atoms with van der Waals surface area (Å²) in [7, 11) is 1.55. The SMILES string of the molecule is COc1cc(OCc2c(F)cccc2Cl)ccc1CNC(CC(C)C)C(N)=O. The first kappa shape index (κ1) is 22.0. The molecule has 2 aromatic carbocycles. The zero-order chi connectivity index (χ0) is 20.7. The van der Waals surface area contributed by atoms with Crippen LogP contribution in [0.2, 0.25) is 5.02 Å². The van der Waals surface area contributed by atoms with Gasteiger partial charge in [-0.15, -0.1) is 0 Å². The van der Waals surface area contributed by atoms with E-state index in [0.29, 0.717) is 41.0 Å². The van der Waals surface area contributed by atoms with Crippen LogP contribution in [0.4, 0.5) is 4.39 Å². The van der Waals surface area contributed by atoms with Gasteiger partial charge in [0.05, 0.1) is 18.2 Å². The van der Waals surface area contributed by atoms with E-state index in [-0.39, 0.29) is 12.5 Å². The van der Waals surface area contributed by atoms with Crippen LogP contribution in [0.5, 0.6) is 11.5 Å². The monoisotopic (exact) mass is 408 g/mol. The second-order valence-corrected chi connectivity index (χ2v) is 7.34. The fourth-order valence-corrected chi connectivity index (χ4v) is 3.01. The summed E-state index contributed by atoms with van der Waals surface area (Å²) in [6.07, 6.45) is 0.655. The third kappa shape index (κ3) is 6.11. The number of methoxy groups -OCH3 is 1. The van der Waals surface area contributed by atoms with Gasteiger partial charge in [0, 0.05) is 23.7 Å². The zero-order valence-electron chi connectivity index (χ0n) is 16.3. The van der Waals surface area contributed by atoms with Gasteiger partial charge >= 0.3 is 0 Å². The van der Waals surface area contributed by atoms with Crippen molar-refractivity contribution in [3.8, 4) is 11.5 Å². The number of primary amides is 1. The van der Waals surface area contributed by atoms with E-state index in [0.717, 1.165) is 5.56 Å². The Kier molecular flexibility index (Phi) is 8.08. The maximum atomic E-state index is 13.9. The third-order valence-corrected chi connectivity index (χ3v) is 4.65. The highest BCUT2D eigenvalue weighted by Gasteiger charge is 2.17. The topological polar surface area (TPSA) is 73.6 Å². The summed E-state index contributed by atoms with van der Waals surface area (Å²) in [6.45, 7) is 4.49. The fourth-order valence-electron chi connectivity index (χ4n) is 2.79. The average molecular weight is 409 g/mol. The minimum Gasteiger partial charge on any atom is -0.496 e. The Hall–Kier alpha value is -2.31. The molecule has 0 aliphatic heterocycles. The second kappa shape index (κ2) is 10.3. The first-order valence-corrected chi connectivity index (χ1v) is 9.45. The van der Waals surface area contributed by atoms with E-state index in [9.17, 15) is 9.18 Å². The molecule has 3 N–H and O–H groups in total. The molecule has 0 aliphatic carbocycles. The number of halogens is 2. The van der Waals surface area contributed by atoms with E-state index in [2.05, 4.69) is 5.32 Å². The summed E-state index contributed by atoms with van der Waals surface area (Å²) in [4.78, 5) is 11.6.